The predicted molar refractivity (Wildman–Crippen MR) is 181 cm³/mol. The molecule has 5 rings (SSSR count). The summed E-state index contributed by atoms with van der Waals surface area (Å²) in [5.74, 6) is 0.531. The molecular formula is C35H53N5O8. The largest absolute Gasteiger partial charge is 0.502 e. The standard InChI is InChI=1S/C35H53N5O8/c1-4-22(38-14-8-12-37-11-6-5-10-36)9-7-13-39-35(43)40-32-24-18-27-26(47-20-48-27)17-23(24)30(31-25(32)19-46-34(31)42)21-15-28(44-2)33(41)29(16-21)45-3/h15-18,22,25,30-32,34,37-38,41-42H,4-14,19-20,36H2,1-3H3,(H2,39,40,43)/t22?,25-,30+,31-,32+,34?/m0/s1. The molecule has 1 aliphatic carbocycles. The minimum Gasteiger partial charge on any atom is -0.502 e. The Bertz CT molecular complexity index is 1340. The first-order valence-electron chi connectivity index (χ1n) is 17.3. The maximum Gasteiger partial charge on any atom is 0.315 e. The molecule has 2 amide bonds. The Balaban J connectivity index is 1.25. The number of aliphatic hydroxyl groups is 1. The van der Waals surface area contributed by atoms with Crippen LogP contribution in [0.1, 0.15) is 74.1 Å². The molecule has 3 aliphatic rings. The fourth-order valence-electron chi connectivity index (χ4n) is 7.24. The summed E-state index contributed by atoms with van der Waals surface area (Å²) in [6.45, 7) is 6.77. The highest BCUT2D eigenvalue weighted by Crippen LogP contribution is 2.56. The quantitative estimate of drug-likeness (QED) is 0.116. The average Bonchev–Trinajstić information content (AvgIpc) is 3.72. The van der Waals surface area contributed by atoms with Gasteiger partial charge in [-0.05, 0) is 106 Å². The summed E-state index contributed by atoms with van der Waals surface area (Å²) in [7, 11) is 2.95. The van der Waals surface area contributed by atoms with Crippen molar-refractivity contribution in [2.75, 3.05) is 60.3 Å². The number of aliphatic hydroxyl groups excluding tert-OH is 1. The fraction of sp³-hybridized carbons (Fsp3) is 0.629. The van der Waals surface area contributed by atoms with Gasteiger partial charge < -0.3 is 60.9 Å². The number of phenols is 1. The molecule has 2 unspecified atom stereocenters. The highest BCUT2D eigenvalue weighted by molar-refractivity contribution is 5.75. The molecule has 0 aromatic heterocycles. The van der Waals surface area contributed by atoms with E-state index in [2.05, 4.69) is 28.2 Å². The first kappa shape index (κ1) is 35.8. The van der Waals surface area contributed by atoms with Crippen LogP contribution in [0, 0.1) is 11.8 Å². The molecule has 48 heavy (non-hydrogen) atoms. The lowest BCUT2D eigenvalue weighted by atomic mass is 9.65. The summed E-state index contributed by atoms with van der Waals surface area (Å²) in [4.78, 5) is 13.4. The summed E-state index contributed by atoms with van der Waals surface area (Å²) in [6, 6.07) is 6.99. The van der Waals surface area contributed by atoms with E-state index < -0.39 is 18.2 Å². The van der Waals surface area contributed by atoms with Crippen LogP contribution < -0.4 is 45.9 Å². The molecule has 13 nitrogen and oxygen atoms in total. The smallest absolute Gasteiger partial charge is 0.315 e. The summed E-state index contributed by atoms with van der Waals surface area (Å²) < 4.78 is 28.2. The lowest BCUT2D eigenvalue weighted by Crippen LogP contribution is -2.46. The van der Waals surface area contributed by atoms with Gasteiger partial charge in [0.1, 0.15) is 0 Å². The van der Waals surface area contributed by atoms with Crippen molar-refractivity contribution in [2.45, 2.75) is 69.7 Å². The monoisotopic (exact) mass is 671 g/mol. The number of phenolic OH excluding ortho intramolecular Hbond substituents is 1. The van der Waals surface area contributed by atoms with Crippen LogP contribution >= 0.6 is 0 Å². The molecule has 6 atom stereocenters. The van der Waals surface area contributed by atoms with Crippen LogP contribution in [0.5, 0.6) is 28.7 Å². The highest BCUT2D eigenvalue weighted by Gasteiger charge is 2.52. The SMILES string of the molecule is CCC(CCCNC(=O)N[C@@H]1c2cc3c(cc2[C@@H](c2cc(OC)c(O)c(OC)c2)[C@H]2C(O)OC[C@@H]21)OCO3)NCCCNCCCCN. The fourth-order valence-corrected chi connectivity index (χ4v) is 7.24. The minimum absolute atomic E-state index is 0.0979. The second-order valence-corrected chi connectivity index (χ2v) is 12.7. The van der Waals surface area contributed by atoms with E-state index in [0.29, 0.717) is 24.1 Å². The molecule has 0 bridgehead atoms. The van der Waals surface area contributed by atoms with Crippen molar-refractivity contribution >= 4 is 6.03 Å². The van der Waals surface area contributed by atoms with E-state index in [1.807, 2.05) is 12.1 Å². The Labute approximate surface area is 283 Å². The van der Waals surface area contributed by atoms with E-state index in [-0.39, 0.29) is 48.5 Å². The zero-order valence-corrected chi connectivity index (χ0v) is 28.4. The summed E-state index contributed by atoms with van der Waals surface area (Å²) >= 11 is 0. The Morgan fingerprint density at radius 1 is 0.979 bits per heavy atom. The number of nitrogens with one attached hydrogen (secondary N) is 4. The molecule has 0 radical (unpaired) electrons. The van der Waals surface area contributed by atoms with Crippen molar-refractivity contribution in [3.8, 4) is 28.7 Å². The Morgan fingerprint density at radius 2 is 1.69 bits per heavy atom. The number of amides is 2. The Kier molecular flexibility index (Phi) is 12.9. The van der Waals surface area contributed by atoms with E-state index in [1.54, 1.807) is 12.1 Å². The predicted octanol–water partition coefficient (Wildman–Crippen LogP) is 3.07. The van der Waals surface area contributed by atoms with Crippen LogP contribution in [-0.2, 0) is 4.74 Å². The number of fused-ring (bicyclic) bond motifs is 3. The third-order valence-corrected chi connectivity index (χ3v) is 9.77. The summed E-state index contributed by atoms with van der Waals surface area (Å²) in [5, 5.41) is 35.1. The van der Waals surface area contributed by atoms with Crippen LogP contribution in [0.25, 0.3) is 0 Å². The van der Waals surface area contributed by atoms with Gasteiger partial charge in [0.05, 0.1) is 26.9 Å². The first-order valence-corrected chi connectivity index (χ1v) is 17.3. The van der Waals surface area contributed by atoms with Crippen LogP contribution in [-0.4, -0.2) is 88.9 Å². The number of rotatable bonds is 18. The molecule has 2 heterocycles. The van der Waals surface area contributed by atoms with Gasteiger partial charge in [-0.1, -0.05) is 6.92 Å². The lowest BCUT2D eigenvalue weighted by molar-refractivity contribution is -0.0855. The van der Waals surface area contributed by atoms with Crippen molar-refractivity contribution in [1.82, 2.24) is 21.3 Å². The molecule has 1 fully saturated rings. The number of hydrogen-bond acceptors (Lipinski definition) is 11. The highest BCUT2D eigenvalue weighted by atomic mass is 16.7. The van der Waals surface area contributed by atoms with Gasteiger partial charge in [-0.2, -0.15) is 0 Å². The molecule has 2 aliphatic heterocycles. The number of methoxy groups -OCH3 is 2. The maximum absolute atomic E-state index is 13.4. The number of aromatic hydroxyl groups is 1. The van der Waals surface area contributed by atoms with Crippen LogP contribution in [0.3, 0.4) is 0 Å². The van der Waals surface area contributed by atoms with Crippen molar-refractivity contribution in [3.63, 3.8) is 0 Å². The second kappa shape index (κ2) is 17.3. The van der Waals surface area contributed by atoms with Crippen LogP contribution in [0.15, 0.2) is 24.3 Å². The number of ether oxygens (including phenoxy) is 5. The Morgan fingerprint density at radius 3 is 2.38 bits per heavy atom. The van der Waals surface area contributed by atoms with E-state index in [1.165, 1.54) is 14.2 Å². The summed E-state index contributed by atoms with van der Waals surface area (Å²) in [6.07, 6.45) is 4.99. The number of urea groups is 1. The Hall–Kier alpha value is -3.49. The number of hydrogen-bond donors (Lipinski definition) is 7. The van der Waals surface area contributed by atoms with Crippen molar-refractivity contribution < 1.29 is 38.7 Å². The zero-order chi connectivity index (χ0) is 34.0. The molecular weight excluding hydrogens is 618 g/mol. The van der Waals surface area contributed by atoms with Gasteiger partial charge in [0.2, 0.25) is 12.5 Å². The maximum atomic E-state index is 13.4. The molecule has 8 N–H and O–H groups in total. The molecule has 0 spiro atoms. The van der Waals surface area contributed by atoms with Crippen molar-refractivity contribution in [2.24, 2.45) is 17.6 Å². The van der Waals surface area contributed by atoms with Crippen molar-refractivity contribution in [3.05, 3.63) is 41.0 Å². The lowest BCUT2D eigenvalue weighted by Gasteiger charge is -2.41. The normalized spacial score (nSPS) is 22.9. The van der Waals surface area contributed by atoms with Crippen LogP contribution in [0.4, 0.5) is 4.79 Å². The van der Waals surface area contributed by atoms with E-state index in [9.17, 15) is 15.0 Å². The van der Waals surface area contributed by atoms with Gasteiger partial charge in [0, 0.05) is 30.3 Å². The van der Waals surface area contributed by atoms with Gasteiger partial charge in [-0.15, -0.1) is 0 Å². The minimum atomic E-state index is -1.08. The summed E-state index contributed by atoms with van der Waals surface area (Å²) in [5.41, 5.74) is 8.02. The van der Waals surface area contributed by atoms with Crippen molar-refractivity contribution in [1.29, 1.82) is 0 Å². The third kappa shape index (κ3) is 8.20. The molecule has 0 saturated carbocycles. The van der Waals surface area contributed by atoms with Gasteiger partial charge in [-0.3, -0.25) is 0 Å². The third-order valence-electron chi connectivity index (χ3n) is 9.77. The molecule has 2 aromatic rings. The van der Waals surface area contributed by atoms with Gasteiger partial charge in [0.15, 0.2) is 29.3 Å². The molecule has 266 valence electrons. The van der Waals surface area contributed by atoms with Gasteiger partial charge in [0.25, 0.3) is 0 Å². The number of unbranched alkanes of at least 4 members (excludes halogenated alkanes) is 1. The second-order valence-electron chi connectivity index (χ2n) is 12.7. The van der Waals surface area contributed by atoms with E-state index in [4.69, 9.17) is 29.4 Å². The van der Waals surface area contributed by atoms with Gasteiger partial charge in [-0.25, -0.2) is 4.79 Å². The number of carbonyl (C=O) groups excluding carboxylic acids is 1. The first-order chi connectivity index (χ1) is 23.4. The molecule has 1 saturated heterocycles. The molecule has 2 aromatic carbocycles. The number of carbonyl (C=O) groups is 1. The zero-order valence-electron chi connectivity index (χ0n) is 28.4. The number of nitrogens with two attached hydrogens (primary N) is 1. The van der Waals surface area contributed by atoms with E-state index in [0.717, 1.165) is 81.4 Å². The number of benzene rings is 2. The van der Waals surface area contributed by atoms with Gasteiger partial charge >= 0.3 is 6.03 Å². The topological polar surface area (TPSA) is 178 Å². The van der Waals surface area contributed by atoms with E-state index >= 15 is 0 Å². The molecule has 13 heteroatoms. The van der Waals surface area contributed by atoms with Crippen LogP contribution in [0.2, 0.25) is 0 Å². The average molecular weight is 672 g/mol.